The van der Waals surface area contributed by atoms with Crippen LogP contribution in [0.5, 0.6) is 0 Å². The molecule has 40 heavy (non-hydrogen) atoms. The minimum Gasteiger partial charge on any atom is -0.286 e. The molecule has 0 spiro atoms. The number of hydrogen-bond acceptors (Lipinski definition) is 4. The molecule has 1 aliphatic carbocycles. The molecule has 1 atom stereocenters. The van der Waals surface area contributed by atoms with Crippen molar-refractivity contribution < 1.29 is 13.2 Å². The number of alkyl halides is 1. The molecule has 5 heterocycles. The number of rotatable bonds is 6. The molecule has 7 nitrogen and oxygen atoms in total. The Balaban J connectivity index is 1.24. The van der Waals surface area contributed by atoms with E-state index in [1.54, 1.807) is 58.1 Å². The van der Waals surface area contributed by atoms with Crippen LogP contribution in [0.15, 0.2) is 79.3 Å². The normalized spacial score (nSPS) is 15.0. The number of aryl methyl sites for hydroxylation is 2. The first-order valence-electron chi connectivity index (χ1n) is 13.0. The van der Waals surface area contributed by atoms with E-state index < -0.39 is 17.5 Å². The summed E-state index contributed by atoms with van der Waals surface area (Å²) in [6, 6.07) is 15.5. The van der Waals surface area contributed by atoms with E-state index in [2.05, 4.69) is 20.2 Å². The molecule has 0 radical (unpaired) electrons. The average molecular weight is 540 g/mol. The average Bonchev–Trinajstić information content (AvgIpc) is 3.26. The van der Waals surface area contributed by atoms with Crippen molar-refractivity contribution in [3.63, 3.8) is 0 Å². The Morgan fingerprint density at radius 3 is 2.35 bits per heavy atom. The van der Waals surface area contributed by atoms with Crippen LogP contribution in [0.2, 0.25) is 0 Å². The maximum Gasteiger partial charge on any atom is 0.254 e. The first-order chi connectivity index (χ1) is 19.3. The minimum atomic E-state index is -1.45. The van der Waals surface area contributed by atoms with Gasteiger partial charge >= 0.3 is 0 Å². The summed E-state index contributed by atoms with van der Waals surface area (Å²) in [5.41, 5.74) is 3.57. The summed E-state index contributed by atoms with van der Waals surface area (Å²) in [5, 5.41) is 9.00. The molecule has 7 rings (SSSR count). The van der Waals surface area contributed by atoms with Crippen molar-refractivity contribution in [3.8, 4) is 28.5 Å². The number of fused-ring (bicyclic) bond motifs is 1. The Morgan fingerprint density at radius 2 is 1.62 bits per heavy atom. The molecular weight excluding hydrogens is 515 g/mol. The Labute approximate surface area is 227 Å². The Morgan fingerprint density at radius 1 is 0.875 bits per heavy atom. The lowest BCUT2D eigenvalue weighted by atomic mass is 10.0. The standard InChI is InChI=1S/C30H24F3N7/c1-18-3-4-19(2)40(18)29-36-26-15-21(11-14-38(26)37-29)27-24(32)9-10-25(35-27)22-16-34-39(17-22)28(30(33)12-13-30)20-5-7-23(31)8-6-20/h3-11,14-17,28H,12-13H2,1-2H3. The van der Waals surface area contributed by atoms with Gasteiger partial charge in [-0.3, -0.25) is 9.25 Å². The Kier molecular flexibility index (Phi) is 5.41. The van der Waals surface area contributed by atoms with Gasteiger partial charge in [0.25, 0.3) is 5.95 Å². The van der Waals surface area contributed by atoms with E-state index in [0.29, 0.717) is 46.8 Å². The van der Waals surface area contributed by atoms with Crippen molar-refractivity contribution in [1.82, 2.24) is 33.9 Å². The van der Waals surface area contributed by atoms with E-state index in [4.69, 9.17) is 0 Å². The molecule has 1 aliphatic rings. The third-order valence-electron chi connectivity index (χ3n) is 7.48. The molecule has 0 amide bonds. The zero-order chi connectivity index (χ0) is 27.6. The summed E-state index contributed by atoms with van der Waals surface area (Å²) in [7, 11) is 0. The number of nitrogens with zero attached hydrogens (tertiary/aromatic N) is 7. The van der Waals surface area contributed by atoms with E-state index in [0.717, 1.165) is 11.4 Å². The SMILES string of the molecule is Cc1ccc(C)n1-c1nc2cc(-c3nc(-c4cnn(C(c5ccc(F)cc5)C5(F)CC5)c4)ccc3F)ccn2n1. The van der Waals surface area contributed by atoms with Gasteiger partial charge in [-0.25, -0.2) is 22.7 Å². The van der Waals surface area contributed by atoms with Crippen LogP contribution in [0.1, 0.15) is 35.8 Å². The first kappa shape index (κ1) is 24.3. The summed E-state index contributed by atoms with van der Waals surface area (Å²) in [6.07, 6.45) is 5.82. The van der Waals surface area contributed by atoms with E-state index in [1.165, 1.54) is 18.2 Å². The van der Waals surface area contributed by atoms with Gasteiger partial charge in [0.2, 0.25) is 0 Å². The lowest BCUT2D eigenvalue weighted by Crippen LogP contribution is -2.23. The third kappa shape index (κ3) is 4.07. The Hall–Kier alpha value is -4.73. The highest BCUT2D eigenvalue weighted by Crippen LogP contribution is 2.51. The highest BCUT2D eigenvalue weighted by atomic mass is 19.1. The quantitative estimate of drug-likeness (QED) is 0.245. The third-order valence-corrected chi connectivity index (χ3v) is 7.48. The molecule has 200 valence electrons. The fourth-order valence-corrected chi connectivity index (χ4v) is 5.24. The van der Waals surface area contributed by atoms with Crippen molar-refractivity contribution in [2.24, 2.45) is 0 Å². The number of pyridine rings is 2. The van der Waals surface area contributed by atoms with Gasteiger partial charge in [-0.05, 0) is 80.8 Å². The molecule has 0 aliphatic heterocycles. The van der Waals surface area contributed by atoms with Crippen molar-refractivity contribution >= 4 is 5.65 Å². The highest BCUT2D eigenvalue weighted by Gasteiger charge is 2.52. The fraction of sp³-hybridized carbons (Fsp3) is 0.200. The van der Waals surface area contributed by atoms with Crippen LogP contribution in [-0.2, 0) is 0 Å². The lowest BCUT2D eigenvalue weighted by Gasteiger charge is -2.21. The van der Waals surface area contributed by atoms with Crippen molar-refractivity contribution in [2.75, 3.05) is 0 Å². The fourth-order valence-electron chi connectivity index (χ4n) is 5.24. The summed E-state index contributed by atoms with van der Waals surface area (Å²) in [5.74, 6) is -0.336. The molecule has 1 unspecified atom stereocenters. The van der Waals surface area contributed by atoms with Crippen LogP contribution in [0, 0.1) is 25.5 Å². The molecule has 1 fully saturated rings. The monoisotopic (exact) mass is 539 g/mol. The zero-order valence-corrected chi connectivity index (χ0v) is 21.8. The van der Waals surface area contributed by atoms with Gasteiger partial charge in [0.05, 0.1) is 11.9 Å². The maximum absolute atomic E-state index is 15.4. The predicted molar refractivity (Wildman–Crippen MR) is 144 cm³/mol. The van der Waals surface area contributed by atoms with E-state index in [1.807, 2.05) is 30.5 Å². The lowest BCUT2D eigenvalue weighted by molar-refractivity contribution is 0.221. The molecule has 10 heteroatoms. The van der Waals surface area contributed by atoms with Crippen LogP contribution < -0.4 is 0 Å². The van der Waals surface area contributed by atoms with Gasteiger partial charge in [0, 0.05) is 34.9 Å². The molecular formula is C30H24F3N7. The summed E-state index contributed by atoms with van der Waals surface area (Å²) >= 11 is 0. The van der Waals surface area contributed by atoms with Crippen LogP contribution in [0.25, 0.3) is 34.1 Å². The molecule has 6 aromatic rings. The number of halogens is 3. The smallest absolute Gasteiger partial charge is 0.254 e. The van der Waals surface area contributed by atoms with Crippen molar-refractivity contribution in [3.05, 3.63) is 108 Å². The number of hydrogen-bond donors (Lipinski definition) is 0. The van der Waals surface area contributed by atoms with Crippen molar-refractivity contribution in [1.29, 1.82) is 0 Å². The first-order valence-corrected chi connectivity index (χ1v) is 13.0. The molecule has 5 aromatic heterocycles. The second-order valence-corrected chi connectivity index (χ2v) is 10.3. The van der Waals surface area contributed by atoms with Gasteiger partial charge < -0.3 is 0 Å². The molecule has 1 saturated carbocycles. The second-order valence-electron chi connectivity index (χ2n) is 10.3. The van der Waals surface area contributed by atoms with Crippen molar-refractivity contribution in [2.45, 2.75) is 38.4 Å². The number of aromatic nitrogens is 7. The highest BCUT2D eigenvalue weighted by molar-refractivity contribution is 5.68. The minimum absolute atomic E-state index is 0.157. The van der Waals surface area contributed by atoms with E-state index >= 15 is 8.78 Å². The largest absolute Gasteiger partial charge is 0.286 e. The van der Waals surface area contributed by atoms with E-state index in [-0.39, 0.29) is 11.5 Å². The molecule has 0 bridgehead atoms. The van der Waals surface area contributed by atoms with Gasteiger partial charge in [-0.2, -0.15) is 10.1 Å². The van der Waals surface area contributed by atoms with Crippen LogP contribution in [-0.4, -0.2) is 39.6 Å². The molecule has 1 aromatic carbocycles. The predicted octanol–water partition coefficient (Wildman–Crippen LogP) is 6.43. The maximum atomic E-state index is 15.4. The summed E-state index contributed by atoms with van der Waals surface area (Å²) < 4.78 is 49.1. The topological polar surface area (TPSA) is 65.8 Å². The summed E-state index contributed by atoms with van der Waals surface area (Å²) in [6.45, 7) is 3.97. The molecule has 0 saturated heterocycles. The van der Waals surface area contributed by atoms with Crippen LogP contribution >= 0.6 is 0 Å². The van der Waals surface area contributed by atoms with E-state index in [9.17, 15) is 4.39 Å². The van der Waals surface area contributed by atoms with Crippen LogP contribution in [0.3, 0.4) is 0 Å². The van der Waals surface area contributed by atoms with Gasteiger partial charge in [0.1, 0.15) is 29.0 Å². The zero-order valence-electron chi connectivity index (χ0n) is 21.8. The van der Waals surface area contributed by atoms with Crippen LogP contribution in [0.4, 0.5) is 13.2 Å². The second kappa shape index (κ2) is 8.90. The summed E-state index contributed by atoms with van der Waals surface area (Å²) in [4.78, 5) is 9.26. The van der Waals surface area contributed by atoms with Gasteiger partial charge in [-0.1, -0.05) is 12.1 Å². The molecule has 0 N–H and O–H groups in total. The number of benzene rings is 1. The Bertz CT molecular complexity index is 1860. The van der Waals surface area contributed by atoms with Gasteiger partial charge in [0.15, 0.2) is 5.65 Å². The van der Waals surface area contributed by atoms with Gasteiger partial charge in [-0.15, -0.1) is 5.10 Å².